The van der Waals surface area contributed by atoms with Crippen LogP contribution in [0.4, 0.5) is 0 Å². The van der Waals surface area contributed by atoms with Crippen molar-refractivity contribution in [2.24, 2.45) is 17.6 Å². The number of hydrogen-bond acceptors (Lipinski definition) is 6. The van der Waals surface area contributed by atoms with Crippen LogP contribution in [-0.4, -0.2) is 50.8 Å². The van der Waals surface area contributed by atoms with Crippen molar-refractivity contribution < 1.29 is 19.0 Å². The lowest BCUT2D eigenvalue weighted by Crippen LogP contribution is -2.49. The van der Waals surface area contributed by atoms with Crippen molar-refractivity contribution >= 4 is 5.97 Å². The van der Waals surface area contributed by atoms with Gasteiger partial charge in [-0.05, 0) is 42.0 Å². The van der Waals surface area contributed by atoms with Crippen LogP contribution in [0.25, 0.3) is 0 Å². The minimum absolute atomic E-state index is 0.0686. The molecule has 30 heavy (non-hydrogen) atoms. The summed E-state index contributed by atoms with van der Waals surface area (Å²) in [6.07, 6.45) is 3.99. The number of nitrogens with zero attached hydrogens (tertiary/aromatic N) is 1. The van der Waals surface area contributed by atoms with Crippen LogP contribution in [0.15, 0.2) is 12.1 Å². The van der Waals surface area contributed by atoms with Crippen molar-refractivity contribution in [1.29, 1.82) is 0 Å². The smallest absolute Gasteiger partial charge is 0.319 e. The molecule has 0 amide bonds. The van der Waals surface area contributed by atoms with Gasteiger partial charge in [-0.2, -0.15) is 0 Å². The minimum atomic E-state index is -0.314. The lowest BCUT2D eigenvalue weighted by atomic mass is 9.79. The van der Waals surface area contributed by atoms with Crippen molar-refractivity contribution in [2.45, 2.75) is 65.5 Å². The second-order valence-corrected chi connectivity index (χ2v) is 8.73. The maximum Gasteiger partial charge on any atom is 0.319 e. The molecule has 3 atom stereocenters. The van der Waals surface area contributed by atoms with E-state index in [0.29, 0.717) is 11.8 Å². The Morgan fingerprint density at radius 2 is 1.83 bits per heavy atom. The van der Waals surface area contributed by atoms with E-state index < -0.39 is 0 Å². The molecule has 3 rings (SSSR count). The van der Waals surface area contributed by atoms with Gasteiger partial charge in [0.05, 0.1) is 20.8 Å². The highest BCUT2D eigenvalue weighted by molar-refractivity contribution is 5.71. The van der Waals surface area contributed by atoms with Crippen LogP contribution >= 0.6 is 0 Å². The van der Waals surface area contributed by atoms with Gasteiger partial charge in [0.15, 0.2) is 11.5 Å². The number of hydrogen-bond donors (Lipinski definition) is 1. The van der Waals surface area contributed by atoms with E-state index in [4.69, 9.17) is 19.9 Å². The number of rotatable bonds is 6. The first kappa shape index (κ1) is 24.5. The summed E-state index contributed by atoms with van der Waals surface area (Å²) < 4.78 is 16.8. The standard InChI is InChI=1S/C21H32N2O4.C3H8/c1-13(2)7-15-12-23-6-5-14-8-19(25-3)20(26-4)9-16(14)17(23)10-18(15)27-21(24)11-22;1-3-2/h8-9,13,15,17-18H,5-7,10-12,22H2,1-4H3;3H2,1-2H3. The Hall–Kier alpha value is -1.79. The molecule has 2 N–H and O–H groups in total. The average molecular weight is 421 g/mol. The Morgan fingerprint density at radius 3 is 2.40 bits per heavy atom. The molecule has 0 aromatic heterocycles. The zero-order chi connectivity index (χ0) is 22.3. The summed E-state index contributed by atoms with van der Waals surface area (Å²) in [7, 11) is 3.33. The molecule has 2 heterocycles. The number of methoxy groups -OCH3 is 2. The van der Waals surface area contributed by atoms with Gasteiger partial charge < -0.3 is 19.9 Å². The third kappa shape index (κ3) is 5.88. The molecular formula is C24H40N2O4. The van der Waals surface area contributed by atoms with Gasteiger partial charge in [-0.15, -0.1) is 0 Å². The van der Waals surface area contributed by atoms with Crippen molar-refractivity contribution in [3.63, 3.8) is 0 Å². The number of benzene rings is 1. The fourth-order valence-electron chi connectivity index (χ4n) is 4.60. The molecule has 1 aromatic carbocycles. The van der Waals surface area contributed by atoms with E-state index in [-0.39, 0.29) is 24.7 Å². The topological polar surface area (TPSA) is 74.0 Å². The lowest BCUT2D eigenvalue weighted by molar-refractivity contribution is -0.155. The highest BCUT2D eigenvalue weighted by atomic mass is 16.5. The van der Waals surface area contributed by atoms with Gasteiger partial charge in [-0.3, -0.25) is 9.69 Å². The van der Waals surface area contributed by atoms with E-state index in [0.717, 1.165) is 43.9 Å². The molecular weight excluding hydrogens is 380 g/mol. The maximum absolute atomic E-state index is 11.9. The van der Waals surface area contributed by atoms with Gasteiger partial charge in [-0.25, -0.2) is 0 Å². The van der Waals surface area contributed by atoms with Crippen molar-refractivity contribution in [2.75, 3.05) is 33.9 Å². The number of fused-ring (bicyclic) bond motifs is 3. The molecule has 0 radical (unpaired) electrons. The van der Waals surface area contributed by atoms with Gasteiger partial charge in [0.2, 0.25) is 0 Å². The number of carbonyl (C=O) groups is 1. The summed E-state index contributed by atoms with van der Waals surface area (Å²) in [5.41, 5.74) is 8.05. The molecule has 1 saturated heterocycles. The zero-order valence-electron chi connectivity index (χ0n) is 19.6. The number of nitrogens with two attached hydrogens (primary N) is 1. The number of piperidine rings is 1. The van der Waals surface area contributed by atoms with E-state index in [2.05, 4.69) is 44.7 Å². The fraction of sp³-hybridized carbons (Fsp3) is 0.708. The first-order valence-corrected chi connectivity index (χ1v) is 11.3. The quantitative estimate of drug-likeness (QED) is 0.702. The number of carbonyl (C=O) groups excluding carboxylic acids is 1. The molecule has 6 nitrogen and oxygen atoms in total. The summed E-state index contributed by atoms with van der Waals surface area (Å²) in [5.74, 6) is 2.11. The van der Waals surface area contributed by atoms with E-state index >= 15 is 0 Å². The molecule has 0 saturated carbocycles. The highest BCUT2D eigenvalue weighted by Crippen LogP contribution is 2.44. The Balaban J connectivity index is 0.00000101. The third-order valence-corrected chi connectivity index (χ3v) is 5.79. The molecule has 2 aliphatic heterocycles. The molecule has 6 heteroatoms. The Bertz CT molecular complexity index is 692. The van der Waals surface area contributed by atoms with Gasteiger partial charge >= 0.3 is 5.97 Å². The molecule has 1 fully saturated rings. The van der Waals surface area contributed by atoms with E-state index in [1.54, 1.807) is 14.2 Å². The van der Waals surface area contributed by atoms with Gasteiger partial charge in [-0.1, -0.05) is 34.1 Å². The lowest BCUT2D eigenvalue weighted by Gasteiger charge is -2.47. The summed E-state index contributed by atoms with van der Waals surface area (Å²) in [6.45, 7) is 10.6. The van der Waals surface area contributed by atoms with Crippen LogP contribution in [0.5, 0.6) is 11.5 Å². The monoisotopic (exact) mass is 420 g/mol. The third-order valence-electron chi connectivity index (χ3n) is 5.79. The van der Waals surface area contributed by atoms with Crippen LogP contribution in [0.3, 0.4) is 0 Å². The predicted molar refractivity (Wildman–Crippen MR) is 120 cm³/mol. The zero-order valence-corrected chi connectivity index (χ0v) is 19.6. The van der Waals surface area contributed by atoms with E-state index in [9.17, 15) is 4.79 Å². The van der Waals surface area contributed by atoms with Gasteiger partial charge in [0.25, 0.3) is 0 Å². The molecule has 0 aliphatic carbocycles. The summed E-state index contributed by atoms with van der Waals surface area (Å²) in [6, 6.07) is 4.41. The predicted octanol–water partition coefficient (Wildman–Crippen LogP) is 3.96. The first-order chi connectivity index (χ1) is 14.4. The molecule has 2 aliphatic rings. The SMILES string of the molecule is CCC.COc1cc2c(cc1OC)C1CC(OC(=O)CN)C(CC(C)C)CN1CC2. The normalized spacial score (nSPS) is 23.0. The Labute approximate surface area is 182 Å². The summed E-state index contributed by atoms with van der Waals surface area (Å²) >= 11 is 0. The summed E-state index contributed by atoms with van der Waals surface area (Å²) in [4.78, 5) is 14.4. The number of esters is 1. The van der Waals surface area contributed by atoms with E-state index in [1.807, 2.05) is 0 Å². The average Bonchev–Trinajstić information content (AvgIpc) is 2.73. The molecule has 1 aromatic rings. The minimum Gasteiger partial charge on any atom is -0.493 e. The van der Waals surface area contributed by atoms with Crippen LogP contribution in [0.1, 0.15) is 64.1 Å². The van der Waals surface area contributed by atoms with Crippen LogP contribution in [0, 0.1) is 11.8 Å². The van der Waals surface area contributed by atoms with Crippen LogP contribution in [-0.2, 0) is 16.0 Å². The maximum atomic E-state index is 11.9. The van der Waals surface area contributed by atoms with E-state index in [1.165, 1.54) is 17.5 Å². The molecule has 0 spiro atoms. The molecule has 170 valence electrons. The van der Waals surface area contributed by atoms with Crippen molar-refractivity contribution in [3.8, 4) is 11.5 Å². The van der Waals surface area contributed by atoms with Crippen LogP contribution < -0.4 is 15.2 Å². The Kier molecular flexibility index (Phi) is 9.43. The Morgan fingerprint density at radius 1 is 1.20 bits per heavy atom. The van der Waals surface area contributed by atoms with Crippen molar-refractivity contribution in [1.82, 2.24) is 4.90 Å². The first-order valence-electron chi connectivity index (χ1n) is 11.3. The molecule has 3 unspecified atom stereocenters. The van der Waals surface area contributed by atoms with Crippen molar-refractivity contribution in [3.05, 3.63) is 23.3 Å². The highest BCUT2D eigenvalue weighted by Gasteiger charge is 2.41. The number of ether oxygens (including phenoxy) is 3. The largest absolute Gasteiger partial charge is 0.493 e. The second-order valence-electron chi connectivity index (χ2n) is 8.73. The summed E-state index contributed by atoms with van der Waals surface area (Å²) in [5, 5.41) is 0. The van der Waals surface area contributed by atoms with Crippen LogP contribution in [0.2, 0.25) is 0 Å². The van der Waals surface area contributed by atoms with Gasteiger partial charge in [0, 0.05) is 31.5 Å². The fourth-order valence-corrected chi connectivity index (χ4v) is 4.60. The second kappa shape index (κ2) is 11.6. The molecule has 0 bridgehead atoms. The van der Waals surface area contributed by atoms with Gasteiger partial charge in [0.1, 0.15) is 6.10 Å².